The van der Waals surface area contributed by atoms with Crippen molar-refractivity contribution in [2.75, 3.05) is 24.5 Å². The van der Waals surface area contributed by atoms with Crippen molar-refractivity contribution in [3.63, 3.8) is 0 Å². The van der Waals surface area contributed by atoms with Gasteiger partial charge in [-0.2, -0.15) is 0 Å². The van der Waals surface area contributed by atoms with Gasteiger partial charge in [-0.25, -0.2) is 9.37 Å². The van der Waals surface area contributed by atoms with Crippen LogP contribution in [0.1, 0.15) is 44.9 Å². The molecule has 2 amide bonds. The molecule has 7 heteroatoms. The van der Waals surface area contributed by atoms with Crippen molar-refractivity contribution < 1.29 is 14.0 Å². The number of rotatable bonds is 8. The second-order valence-electron chi connectivity index (χ2n) is 8.31. The Labute approximate surface area is 187 Å². The summed E-state index contributed by atoms with van der Waals surface area (Å²) in [5.41, 5.74) is 2.25. The van der Waals surface area contributed by atoms with E-state index in [0.717, 1.165) is 42.8 Å². The van der Waals surface area contributed by atoms with Crippen LogP contribution in [0.2, 0.25) is 0 Å². The number of imidazole rings is 1. The minimum Gasteiger partial charge on any atom is -0.341 e. The molecule has 0 bridgehead atoms. The van der Waals surface area contributed by atoms with Crippen molar-refractivity contribution in [3.05, 3.63) is 60.2 Å². The second kappa shape index (κ2) is 9.51. The molecule has 1 unspecified atom stereocenters. The summed E-state index contributed by atoms with van der Waals surface area (Å²) in [6, 6.07) is 13.8. The first-order valence-electron chi connectivity index (χ1n) is 11.3. The van der Waals surface area contributed by atoms with Crippen LogP contribution in [0.25, 0.3) is 11.0 Å². The third-order valence-electron chi connectivity index (χ3n) is 5.93. The van der Waals surface area contributed by atoms with E-state index < -0.39 is 0 Å². The Hall–Kier alpha value is -3.22. The van der Waals surface area contributed by atoms with Gasteiger partial charge in [0.05, 0.1) is 11.0 Å². The van der Waals surface area contributed by atoms with Crippen LogP contribution >= 0.6 is 0 Å². The molecule has 0 N–H and O–H groups in total. The molecule has 3 aromatic rings. The van der Waals surface area contributed by atoms with Gasteiger partial charge in [0.15, 0.2) is 0 Å². The molecule has 2 heterocycles. The Bertz CT molecular complexity index is 1120. The smallest absolute Gasteiger partial charge is 0.242 e. The van der Waals surface area contributed by atoms with E-state index in [4.69, 9.17) is 4.98 Å². The van der Waals surface area contributed by atoms with Crippen LogP contribution in [0.5, 0.6) is 0 Å². The second-order valence-corrected chi connectivity index (χ2v) is 8.31. The zero-order chi connectivity index (χ0) is 22.7. The summed E-state index contributed by atoms with van der Waals surface area (Å²) < 4.78 is 15.7. The highest BCUT2D eigenvalue weighted by atomic mass is 19.1. The fraction of sp³-hybridized carbons (Fsp3) is 0.400. The highest BCUT2D eigenvalue weighted by Crippen LogP contribution is 2.33. The minimum absolute atomic E-state index is 0.0596. The number of hydrogen-bond acceptors (Lipinski definition) is 3. The molecule has 2 aromatic carbocycles. The zero-order valence-corrected chi connectivity index (χ0v) is 18.6. The number of amides is 2. The molecule has 4 rings (SSSR count). The number of nitrogens with zero attached hydrogens (tertiary/aromatic N) is 4. The number of fused-ring (bicyclic) bond motifs is 1. The van der Waals surface area contributed by atoms with Gasteiger partial charge in [0.2, 0.25) is 11.8 Å². The standard InChI is InChI=1S/C25H29FN4O2/c1-3-12-28(13-4-2)24(32)17-30-22-11-6-5-10-21(22)27-25(30)18-14-23(31)29(16-18)20-9-7-8-19(26)15-20/h5-11,15,18H,3-4,12-14,16-17H2,1-2H3. The Kier molecular flexibility index (Phi) is 6.53. The predicted octanol–water partition coefficient (Wildman–Crippen LogP) is 4.34. The molecule has 0 saturated carbocycles. The van der Waals surface area contributed by atoms with Crippen molar-refractivity contribution >= 4 is 28.5 Å². The summed E-state index contributed by atoms with van der Waals surface area (Å²) in [7, 11) is 0. The Morgan fingerprint density at radius 3 is 2.59 bits per heavy atom. The minimum atomic E-state index is -0.372. The molecule has 1 aromatic heterocycles. The van der Waals surface area contributed by atoms with Gasteiger partial charge >= 0.3 is 0 Å². The van der Waals surface area contributed by atoms with Gasteiger partial charge in [0.1, 0.15) is 18.2 Å². The lowest BCUT2D eigenvalue weighted by Gasteiger charge is -2.23. The Morgan fingerprint density at radius 2 is 1.88 bits per heavy atom. The fourth-order valence-corrected chi connectivity index (χ4v) is 4.48. The van der Waals surface area contributed by atoms with Crippen LogP contribution in [0, 0.1) is 5.82 Å². The third kappa shape index (κ3) is 4.38. The lowest BCUT2D eigenvalue weighted by atomic mass is 10.1. The maximum Gasteiger partial charge on any atom is 0.242 e. The molecule has 32 heavy (non-hydrogen) atoms. The molecule has 1 fully saturated rings. The number of halogens is 1. The normalized spacial score (nSPS) is 16.2. The van der Waals surface area contributed by atoms with Crippen molar-refractivity contribution in [1.29, 1.82) is 0 Å². The number of anilines is 1. The highest BCUT2D eigenvalue weighted by molar-refractivity contribution is 5.96. The molecule has 0 spiro atoms. The first-order chi connectivity index (χ1) is 15.5. The van der Waals surface area contributed by atoms with Gasteiger partial charge in [-0.15, -0.1) is 0 Å². The van der Waals surface area contributed by atoms with Crippen LogP contribution in [0.15, 0.2) is 48.5 Å². The quantitative estimate of drug-likeness (QED) is 0.528. The molecule has 1 saturated heterocycles. The van der Waals surface area contributed by atoms with Crippen molar-refractivity contribution in [2.45, 2.75) is 45.6 Å². The summed E-state index contributed by atoms with van der Waals surface area (Å²) >= 11 is 0. The van der Waals surface area contributed by atoms with Gasteiger partial charge in [-0.05, 0) is 43.2 Å². The van der Waals surface area contributed by atoms with Crippen molar-refractivity contribution in [2.24, 2.45) is 0 Å². The fourth-order valence-electron chi connectivity index (χ4n) is 4.48. The predicted molar refractivity (Wildman–Crippen MR) is 123 cm³/mol. The summed E-state index contributed by atoms with van der Waals surface area (Å²) in [6.45, 7) is 6.19. The Morgan fingerprint density at radius 1 is 1.12 bits per heavy atom. The lowest BCUT2D eigenvalue weighted by molar-refractivity contribution is -0.131. The number of carbonyl (C=O) groups excluding carboxylic acids is 2. The van der Waals surface area contributed by atoms with Crippen molar-refractivity contribution in [3.8, 4) is 0 Å². The third-order valence-corrected chi connectivity index (χ3v) is 5.93. The van der Waals surface area contributed by atoms with E-state index in [9.17, 15) is 14.0 Å². The van der Waals surface area contributed by atoms with Crippen LogP contribution in [0.3, 0.4) is 0 Å². The number of benzene rings is 2. The average molecular weight is 437 g/mol. The van der Waals surface area contributed by atoms with Crippen LogP contribution < -0.4 is 4.90 Å². The Balaban J connectivity index is 1.66. The number of para-hydroxylation sites is 2. The average Bonchev–Trinajstić information content (AvgIpc) is 3.34. The number of carbonyl (C=O) groups is 2. The molecular weight excluding hydrogens is 407 g/mol. The maximum absolute atomic E-state index is 13.7. The van der Waals surface area contributed by atoms with Gasteiger partial charge in [0.25, 0.3) is 0 Å². The zero-order valence-electron chi connectivity index (χ0n) is 18.6. The topological polar surface area (TPSA) is 58.4 Å². The molecule has 0 aliphatic carbocycles. The molecule has 1 aliphatic rings. The van der Waals surface area contributed by atoms with Gasteiger partial charge in [-0.1, -0.05) is 32.0 Å². The summed E-state index contributed by atoms with van der Waals surface area (Å²) in [5.74, 6) is 0.189. The molecule has 168 valence electrons. The van der Waals surface area contributed by atoms with E-state index in [1.54, 1.807) is 17.0 Å². The van der Waals surface area contributed by atoms with Gasteiger partial charge in [-0.3, -0.25) is 9.59 Å². The lowest BCUT2D eigenvalue weighted by Crippen LogP contribution is -2.35. The molecule has 1 aliphatic heterocycles. The highest BCUT2D eigenvalue weighted by Gasteiger charge is 2.35. The van der Waals surface area contributed by atoms with Crippen LogP contribution in [-0.4, -0.2) is 45.9 Å². The first-order valence-corrected chi connectivity index (χ1v) is 11.3. The molecular formula is C25H29FN4O2. The van der Waals surface area contributed by atoms with E-state index in [1.807, 2.05) is 33.7 Å². The SMILES string of the molecule is CCCN(CCC)C(=O)Cn1c(C2CC(=O)N(c3cccc(F)c3)C2)nc2ccccc21. The largest absolute Gasteiger partial charge is 0.341 e. The van der Waals surface area contributed by atoms with Gasteiger partial charge in [0, 0.05) is 37.7 Å². The number of hydrogen-bond donors (Lipinski definition) is 0. The first kappa shape index (κ1) is 22.0. The van der Waals surface area contributed by atoms with E-state index >= 15 is 0 Å². The van der Waals surface area contributed by atoms with Crippen LogP contribution in [-0.2, 0) is 16.1 Å². The molecule has 1 atom stereocenters. The molecule has 0 radical (unpaired) electrons. The summed E-state index contributed by atoms with van der Waals surface area (Å²) in [5, 5.41) is 0. The molecule has 6 nitrogen and oxygen atoms in total. The van der Waals surface area contributed by atoms with Crippen LogP contribution in [0.4, 0.5) is 10.1 Å². The summed E-state index contributed by atoms with van der Waals surface area (Å²) in [6.07, 6.45) is 2.09. The summed E-state index contributed by atoms with van der Waals surface area (Å²) in [4.78, 5) is 34.3. The monoisotopic (exact) mass is 436 g/mol. The van der Waals surface area contributed by atoms with E-state index in [1.165, 1.54) is 12.1 Å². The van der Waals surface area contributed by atoms with Gasteiger partial charge < -0.3 is 14.4 Å². The van der Waals surface area contributed by atoms with E-state index in [2.05, 4.69) is 13.8 Å². The number of aromatic nitrogens is 2. The van der Waals surface area contributed by atoms with E-state index in [0.29, 0.717) is 12.2 Å². The van der Waals surface area contributed by atoms with E-state index in [-0.39, 0.29) is 36.5 Å². The maximum atomic E-state index is 13.7. The van der Waals surface area contributed by atoms with Crippen molar-refractivity contribution in [1.82, 2.24) is 14.5 Å².